The topological polar surface area (TPSA) is 90.9 Å². The summed E-state index contributed by atoms with van der Waals surface area (Å²) in [6.45, 7) is 3.54. The molecule has 0 bridgehead atoms. The number of nitrogens with zero attached hydrogens (tertiary/aromatic N) is 2. The van der Waals surface area contributed by atoms with Crippen LogP contribution in [0.1, 0.15) is 33.4 Å². The summed E-state index contributed by atoms with van der Waals surface area (Å²) in [5, 5.41) is 13.3. The molecule has 0 radical (unpaired) electrons. The predicted molar refractivity (Wildman–Crippen MR) is 125 cm³/mol. The maximum absolute atomic E-state index is 13.1. The van der Waals surface area contributed by atoms with Crippen LogP contribution in [0, 0.1) is 13.8 Å². The number of hydrogen-bond donors (Lipinski definition) is 3. The highest BCUT2D eigenvalue weighted by Crippen LogP contribution is 2.30. The van der Waals surface area contributed by atoms with Crippen LogP contribution in [0.2, 0.25) is 5.02 Å². The average Bonchev–Trinajstić information content (AvgIpc) is 3.12. The average molecular weight is 447 g/mol. The third-order valence-corrected chi connectivity index (χ3v) is 5.58. The number of hydrogen-bond acceptors (Lipinski definition) is 4. The summed E-state index contributed by atoms with van der Waals surface area (Å²) < 4.78 is 0. The first-order valence-electron chi connectivity index (χ1n) is 10.2. The lowest BCUT2D eigenvalue weighted by atomic mass is 10.0. The summed E-state index contributed by atoms with van der Waals surface area (Å²) in [5.74, 6) is 0.309. The van der Waals surface area contributed by atoms with Crippen molar-refractivity contribution >= 4 is 17.5 Å². The molecule has 4 aromatic rings. The first kappa shape index (κ1) is 21.7. The van der Waals surface area contributed by atoms with E-state index in [0.29, 0.717) is 16.5 Å². The van der Waals surface area contributed by atoms with E-state index in [9.17, 15) is 9.90 Å². The molecule has 0 spiro atoms. The molecular weight excluding hydrogens is 424 g/mol. The van der Waals surface area contributed by atoms with E-state index >= 15 is 0 Å². The number of aryl methyl sites for hydroxylation is 1. The van der Waals surface area contributed by atoms with Gasteiger partial charge in [-0.05, 0) is 43.2 Å². The highest BCUT2D eigenvalue weighted by Gasteiger charge is 2.22. The lowest BCUT2D eigenvalue weighted by Gasteiger charge is -2.17. The number of aromatic amines is 1. The summed E-state index contributed by atoms with van der Waals surface area (Å²) >= 11 is 6.06. The predicted octanol–water partition coefficient (Wildman–Crippen LogP) is 4.87. The number of amides is 1. The number of nitrogens with one attached hydrogen (secondary N) is 2. The van der Waals surface area contributed by atoms with Gasteiger partial charge in [0.05, 0.1) is 18.3 Å². The maximum Gasteiger partial charge on any atom is 0.268 e. The number of aromatic nitrogens is 3. The molecule has 0 saturated heterocycles. The number of benzene rings is 2. The first-order valence-corrected chi connectivity index (χ1v) is 10.6. The zero-order valence-electron chi connectivity index (χ0n) is 17.8. The molecule has 2 aromatic carbocycles. The fourth-order valence-corrected chi connectivity index (χ4v) is 3.97. The van der Waals surface area contributed by atoms with E-state index < -0.39 is 6.04 Å². The number of carbonyl (C=O) groups is 1. The molecule has 0 fully saturated rings. The second-order valence-corrected chi connectivity index (χ2v) is 7.96. The largest absolute Gasteiger partial charge is 0.394 e. The molecule has 4 rings (SSSR count). The number of halogens is 1. The van der Waals surface area contributed by atoms with Gasteiger partial charge in [-0.25, -0.2) is 9.97 Å². The second-order valence-electron chi connectivity index (χ2n) is 7.52. The van der Waals surface area contributed by atoms with Gasteiger partial charge >= 0.3 is 0 Å². The van der Waals surface area contributed by atoms with E-state index in [1.165, 1.54) is 0 Å². The molecule has 6 nitrogen and oxygen atoms in total. The summed E-state index contributed by atoms with van der Waals surface area (Å²) in [6.07, 6.45) is 1.72. The van der Waals surface area contributed by atoms with E-state index in [-0.39, 0.29) is 12.5 Å². The van der Waals surface area contributed by atoms with Crippen molar-refractivity contribution < 1.29 is 9.90 Å². The van der Waals surface area contributed by atoms with Crippen LogP contribution in [-0.2, 0) is 0 Å². The molecule has 32 heavy (non-hydrogen) atoms. The van der Waals surface area contributed by atoms with Gasteiger partial charge in [-0.1, -0.05) is 54.1 Å². The quantitative estimate of drug-likeness (QED) is 0.394. The van der Waals surface area contributed by atoms with Gasteiger partial charge in [-0.3, -0.25) is 4.79 Å². The molecular formula is C25H23ClN4O2. The molecule has 2 aromatic heterocycles. The Bertz CT molecular complexity index is 1250. The Labute approximate surface area is 191 Å². The zero-order chi connectivity index (χ0) is 22.7. The van der Waals surface area contributed by atoms with Crippen LogP contribution in [0.4, 0.5) is 0 Å². The third kappa shape index (κ3) is 4.42. The monoisotopic (exact) mass is 446 g/mol. The van der Waals surface area contributed by atoms with Gasteiger partial charge in [-0.15, -0.1) is 0 Å². The van der Waals surface area contributed by atoms with Gasteiger partial charge < -0.3 is 15.4 Å². The lowest BCUT2D eigenvalue weighted by molar-refractivity contribution is 0.0911. The Morgan fingerprint density at radius 1 is 1.12 bits per heavy atom. The van der Waals surface area contributed by atoms with Gasteiger partial charge in [0.1, 0.15) is 5.69 Å². The highest BCUT2D eigenvalue weighted by molar-refractivity contribution is 6.30. The van der Waals surface area contributed by atoms with E-state index in [1.807, 2.05) is 56.3 Å². The van der Waals surface area contributed by atoms with E-state index in [2.05, 4.69) is 15.3 Å². The Balaban J connectivity index is 1.64. The van der Waals surface area contributed by atoms with Crippen molar-refractivity contribution in [3.8, 4) is 22.6 Å². The van der Waals surface area contributed by atoms with Gasteiger partial charge in [0.2, 0.25) is 0 Å². The summed E-state index contributed by atoms with van der Waals surface area (Å²) in [4.78, 5) is 25.4. The van der Waals surface area contributed by atoms with E-state index in [1.54, 1.807) is 24.4 Å². The molecule has 0 unspecified atom stereocenters. The van der Waals surface area contributed by atoms with Gasteiger partial charge in [0.25, 0.3) is 5.91 Å². The summed E-state index contributed by atoms with van der Waals surface area (Å²) in [6, 6.07) is 18.1. The van der Waals surface area contributed by atoms with Gasteiger partial charge in [0, 0.05) is 28.0 Å². The Kier molecular flexibility index (Phi) is 6.35. The molecule has 3 N–H and O–H groups in total. The van der Waals surface area contributed by atoms with E-state index in [0.717, 1.165) is 33.6 Å². The van der Waals surface area contributed by atoms with Crippen molar-refractivity contribution in [3.63, 3.8) is 0 Å². The summed E-state index contributed by atoms with van der Waals surface area (Å²) in [7, 11) is 0. The molecule has 0 aliphatic heterocycles. The Morgan fingerprint density at radius 3 is 2.62 bits per heavy atom. The molecule has 2 heterocycles. The number of carbonyl (C=O) groups excluding carboxylic acids is 1. The zero-order valence-corrected chi connectivity index (χ0v) is 18.5. The van der Waals surface area contributed by atoms with Gasteiger partial charge in [-0.2, -0.15) is 0 Å². The first-order chi connectivity index (χ1) is 15.5. The second kappa shape index (κ2) is 9.34. The Hall–Kier alpha value is -3.48. The van der Waals surface area contributed by atoms with Crippen LogP contribution in [0.15, 0.2) is 66.9 Å². The number of rotatable bonds is 6. The molecule has 0 saturated carbocycles. The minimum absolute atomic E-state index is 0.246. The molecule has 162 valence electrons. The van der Waals surface area contributed by atoms with Crippen molar-refractivity contribution in [2.24, 2.45) is 0 Å². The van der Waals surface area contributed by atoms with Crippen LogP contribution in [0.25, 0.3) is 22.6 Å². The van der Waals surface area contributed by atoms with Crippen LogP contribution >= 0.6 is 11.6 Å². The van der Waals surface area contributed by atoms with Crippen molar-refractivity contribution in [1.82, 2.24) is 20.3 Å². The number of aliphatic hydroxyl groups is 1. The summed E-state index contributed by atoms with van der Waals surface area (Å²) in [5.41, 5.74) is 5.28. The fourth-order valence-electron chi connectivity index (χ4n) is 3.77. The van der Waals surface area contributed by atoms with Crippen molar-refractivity contribution in [2.45, 2.75) is 19.9 Å². The lowest BCUT2D eigenvalue weighted by Crippen LogP contribution is -2.31. The van der Waals surface area contributed by atoms with Crippen LogP contribution in [-0.4, -0.2) is 32.6 Å². The minimum Gasteiger partial charge on any atom is -0.394 e. The van der Waals surface area contributed by atoms with Crippen LogP contribution in [0.3, 0.4) is 0 Å². The molecule has 0 aliphatic rings. The molecule has 1 atom stereocenters. The Morgan fingerprint density at radius 2 is 1.91 bits per heavy atom. The highest BCUT2D eigenvalue weighted by atomic mass is 35.5. The minimum atomic E-state index is -0.573. The smallest absolute Gasteiger partial charge is 0.268 e. The number of H-pyrrole nitrogens is 1. The standard InChI is InChI=1S/C25H23ClN4O2/c1-15-22(20-11-12-27-24(29-20)17-7-4-3-5-8-17)16(2)28-23(15)25(32)30-21(14-31)18-9-6-10-19(26)13-18/h3-13,21,28,31H,14H2,1-2H3,(H,30,32)/t21-/m1/s1. The van der Waals surface area contributed by atoms with Crippen molar-refractivity contribution in [2.75, 3.05) is 6.61 Å². The van der Waals surface area contributed by atoms with Crippen LogP contribution < -0.4 is 5.32 Å². The SMILES string of the molecule is Cc1[nH]c(C(=O)N[C@H](CO)c2cccc(Cl)c2)c(C)c1-c1ccnc(-c2ccccc2)n1. The fraction of sp³-hybridized carbons (Fsp3) is 0.160. The van der Waals surface area contributed by atoms with Crippen molar-refractivity contribution in [1.29, 1.82) is 0 Å². The molecule has 1 amide bonds. The van der Waals surface area contributed by atoms with Crippen LogP contribution in [0.5, 0.6) is 0 Å². The molecule has 0 aliphatic carbocycles. The normalized spacial score (nSPS) is 11.9. The maximum atomic E-state index is 13.1. The number of aliphatic hydroxyl groups excluding tert-OH is 1. The van der Waals surface area contributed by atoms with Gasteiger partial charge in [0.15, 0.2) is 5.82 Å². The van der Waals surface area contributed by atoms with E-state index in [4.69, 9.17) is 16.6 Å². The van der Waals surface area contributed by atoms with Crippen molar-refractivity contribution in [3.05, 3.63) is 94.4 Å². The molecule has 7 heteroatoms. The third-order valence-electron chi connectivity index (χ3n) is 5.35.